The van der Waals surface area contributed by atoms with Crippen LogP contribution in [0, 0.1) is 0 Å². The van der Waals surface area contributed by atoms with Crippen LogP contribution in [0.3, 0.4) is 0 Å². The number of hydrogen-bond acceptors (Lipinski definition) is 3. The van der Waals surface area contributed by atoms with Gasteiger partial charge in [0.25, 0.3) is 0 Å². The molecule has 0 bridgehead atoms. The molecule has 0 aromatic carbocycles. The zero-order valence-corrected chi connectivity index (χ0v) is 10.9. The maximum atomic E-state index is 4.06. The second-order valence-electron chi connectivity index (χ2n) is 4.15. The Balaban J connectivity index is 1.97. The van der Waals surface area contributed by atoms with Crippen LogP contribution in [0.5, 0.6) is 0 Å². The molecule has 17 heavy (non-hydrogen) atoms. The van der Waals surface area contributed by atoms with Gasteiger partial charge >= 0.3 is 0 Å². The molecule has 0 aliphatic heterocycles. The molecule has 0 amide bonds. The number of pyridine rings is 1. The van der Waals surface area contributed by atoms with Crippen molar-refractivity contribution in [2.45, 2.75) is 25.8 Å². The summed E-state index contributed by atoms with van der Waals surface area (Å²) in [6.07, 6.45) is 5.89. The van der Waals surface area contributed by atoms with Crippen LogP contribution in [0.4, 0.5) is 0 Å². The van der Waals surface area contributed by atoms with Crippen LogP contribution in [-0.4, -0.2) is 17.6 Å². The van der Waals surface area contributed by atoms with Gasteiger partial charge in [-0.3, -0.25) is 4.98 Å². The quantitative estimate of drug-likeness (QED) is 0.847. The van der Waals surface area contributed by atoms with Crippen LogP contribution in [0.25, 0.3) is 0 Å². The fourth-order valence-electron chi connectivity index (χ4n) is 2.00. The molecule has 0 saturated carbocycles. The summed E-state index contributed by atoms with van der Waals surface area (Å²) in [5.74, 6) is 0. The standard InChI is InChI=1S/C14H18N2S/c1-2-16-14(10-13-5-8-17-11-13)9-12-3-6-15-7-4-12/h3-8,11,14,16H,2,9-10H2,1H3. The van der Waals surface area contributed by atoms with Crippen molar-refractivity contribution in [3.05, 3.63) is 52.5 Å². The summed E-state index contributed by atoms with van der Waals surface area (Å²) in [7, 11) is 0. The number of thiophene rings is 1. The van der Waals surface area contributed by atoms with Crippen LogP contribution in [-0.2, 0) is 12.8 Å². The predicted octanol–water partition coefficient (Wildman–Crippen LogP) is 2.91. The SMILES string of the molecule is CCNC(Cc1ccncc1)Cc1ccsc1. The summed E-state index contributed by atoms with van der Waals surface area (Å²) in [5, 5.41) is 7.93. The number of likely N-dealkylation sites (N-methyl/N-ethyl adjacent to an activating group) is 1. The molecule has 1 N–H and O–H groups in total. The minimum atomic E-state index is 0.511. The highest BCUT2D eigenvalue weighted by molar-refractivity contribution is 7.07. The van der Waals surface area contributed by atoms with Gasteiger partial charge in [-0.15, -0.1) is 0 Å². The first-order chi connectivity index (χ1) is 8.38. The van der Waals surface area contributed by atoms with E-state index in [-0.39, 0.29) is 0 Å². The summed E-state index contributed by atoms with van der Waals surface area (Å²) in [4.78, 5) is 4.06. The largest absolute Gasteiger partial charge is 0.314 e. The summed E-state index contributed by atoms with van der Waals surface area (Å²) >= 11 is 1.77. The molecule has 90 valence electrons. The average Bonchev–Trinajstić information content (AvgIpc) is 2.83. The molecule has 2 aromatic heterocycles. The molecule has 1 unspecified atom stereocenters. The molecule has 0 aliphatic carbocycles. The minimum absolute atomic E-state index is 0.511. The third-order valence-corrected chi connectivity index (χ3v) is 3.52. The van der Waals surface area contributed by atoms with E-state index in [0.717, 1.165) is 19.4 Å². The molecule has 1 atom stereocenters. The van der Waals surface area contributed by atoms with Crippen molar-refractivity contribution < 1.29 is 0 Å². The van der Waals surface area contributed by atoms with Crippen LogP contribution in [0.1, 0.15) is 18.1 Å². The van der Waals surface area contributed by atoms with Gasteiger partial charge in [0.2, 0.25) is 0 Å². The maximum absolute atomic E-state index is 4.06. The second-order valence-corrected chi connectivity index (χ2v) is 4.93. The van der Waals surface area contributed by atoms with Gasteiger partial charge in [-0.2, -0.15) is 11.3 Å². The van der Waals surface area contributed by atoms with Gasteiger partial charge in [0.05, 0.1) is 0 Å². The highest BCUT2D eigenvalue weighted by atomic mass is 32.1. The Morgan fingerprint density at radius 2 is 1.94 bits per heavy atom. The smallest absolute Gasteiger partial charge is 0.0270 e. The normalized spacial score (nSPS) is 12.5. The van der Waals surface area contributed by atoms with Gasteiger partial charge < -0.3 is 5.32 Å². The maximum Gasteiger partial charge on any atom is 0.0270 e. The molecule has 0 fully saturated rings. The van der Waals surface area contributed by atoms with Gasteiger partial charge in [-0.25, -0.2) is 0 Å². The minimum Gasteiger partial charge on any atom is -0.314 e. The lowest BCUT2D eigenvalue weighted by atomic mass is 10.0. The lowest BCUT2D eigenvalue weighted by Gasteiger charge is -2.17. The molecular formula is C14H18N2S. The molecule has 0 spiro atoms. The van der Waals surface area contributed by atoms with E-state index in [2.05, 4.69) is 46.2 Å². The van der Waals surface area contributed by atoms with E-state index in [1.807, 2.05) is 12.4 Å². The Morgan fingerprint density at radius 1 is 1.18 bits per heavy atom. The monoisotopic (exact) mass is 246 g/mol. The predicted molar refractivity (Wildman–Crippen MR) is 73.4 cm³/mol. The van der Waals surface area contributed by atoms with Crippen LogP contribution in [0.2, 0.25) is 0 Å². The van der Waals surface area contributed by atoms with Crippen molar-refractivity contribution in [1.82, 2.24) is 10.3 Å². The molecule has 3 heteroatoms. The number of nitrogens with one attached hydrogen (secondary N) is 1. The van der Waals surface area contributed by atoms with Crippen molar-refractivity contribution in [2.24, 2.45) is 0 Å². The number of hydrogen-bond donors (Lipinski definition) is 1. The van der Waals surface area contributed by atoms with E-state index in [4.69, 9.17) is 0 Å². The van der Waals surface area contributed by atoms with Gasteiger partial charge in [0, 0.05) is 18.4 Å². The second kappa shape index (κ2) is 6.52. The third-order valence-electron chi connectivity index (χ3n) is 2.79. The summed E-state index contributed by atoms with van der Waals surface area (Å²) in [6.45, 7) is 3.17. The molecular weight excluding hydrogens is 228 g/mol. The Morgan fingerprint density at radius 3 is 2.59 bits per heavy atom. The van der Waals surface area contributed by atoms with E-state index in [1.54, 1.807) is 11.3 Å². The first-order valence-electron chi connectivity index (χ1n) is 6.02. The zero-order valence-electron chi connectivity index (χ0n) is 10.1. The fraction of sp³-hybridized carbons (Fsp3) is 0.357. The van der Waals surface area contributed by atoms with Crippen molar-refractivity contribution in [3.63, 3.8) is 0 Å². The van der Waals surface area contributed by atoms with Crippen molar-refractivity contribution in [1.29, 1.82) is 0 Å². The molecule has 2 heterocycles. The van der Waals surface area contributed by atoms with E-state index in [9.17, 15) is 0 Å². The summed E-state index contributed by atoms with van der Waals surface area (Å²) in [5.41, 5.74) is 2.77. The Hall–Kier alpha value is -1.19. The fourth-order valence-corrected chi connectivity index (χ4v) is 2.68. The zero-order chi connectivity index (χ0) is 11.9. The number of aromatic nitrogens is 1. The Labute approximate surface area is 107 Å². The first kappa shape index (κ1) is 12.3. The molecule has 2 rings (SSSR count). The van der Waals surface area contributed by atoms with Gasteiger partial charge in [-0.05, 0) is 59.5 Å². The van der Waals surface area contributed by atoms with E-state index in [1.165, 1.54) is 11.1 Å². The highest BCUT2D eigenvalue weighted by Gasteiger charge is 2.09. The highest BCUT2D eigenvalue weighted by Crippen LogP contribution is 2.11. The number of rotatable bonds is 6. The van der Waals surface area contributed by atoms with Gasteiger partial charge in [0.15, 0.2) is 0 Å². The van der Waals surface area contributed by atoms with Crippen molar-refractivity contribution in [3.8, 4) is 0 Å². The molecule has 0 radical (unpaired) electrons. The summed E-state index contributed by atoms with van der Waals surface area (Å²) < 4.78 is 0. The molecule has 0 saturated heterocycles. The Bertz CT molecular complexity index is 411. The van der Waals surface area contributed by atoms with Crippen LogP contribution in [0.15, 0.2) is 41.4 Å². The van der Waals surface area contributed by atoms with Crippen molar-refractivity contribution in [2.75, 3.05) is 6.54 Å². The first-order valence-corrected chi connectivity index (χ1v) is 6.96. The molecule has 2 nitrogen and oxygen atoms in total. The number of nitrogens with zero attached hydrogens (tertiary/aromatic N) is 1. The lowest BCUT2D eigenvalue weighted by molar-refractivity contribution is 0.522. The lowest BCUT2D eigenvalue weighted by Crippen LogP contribution is -2.32. The van der Waals surface area contributed by atoms with Crippen LogP contribution < -0.4 is 5.32 Å². The molecule has 0 aliphatic rings. The van der Waals surface area contributed by atoms with Gasteiger partial charge in [0.1, 0.15) is 0 Å². The topological polar surface area (TPSA) is 24.9 Å². The summed E-state index contributed by atoms with van der Waals surface area (Å²) in [6, 6.07) is 6.91. The van der Waals surface area contributed by atoms with E-state index < -0.39 is 0 Å². The van der Waals surface area contributed by atoms with Crippen molar-refractivity contribution >= 4 is 11.3 Å². The third kappa shape index (κ3) is 3.95. The Kier molecular flexibility index (Phi) is 4.71. The van der Waals surface area contributed by atoms with Gasteiger partial charge in [-0.1, -0.05) is 6.92 Å². The molecule has 2 aromatic rings. The van der Waals surface area contributed by atoms with E-state index in [0.29, 0.717) is 6.04 Å². The van der Waals surface area contributed by atoms with Crippen LogP contribution >= 0.6 is 11.3 Å². The average molecular weight is 246 g/mol. The van der Waals surface area contributed by atoms with E-state index >= 15 is 0 Å².